The number of hydrogen-bond donors (Lipinski definition) is 3. The zero-order valence-corrected chi connectivity index (χ0v) is 13.0. The van der Waals surface area contributed by atoms with Crippen molar-refractivity contribution >= 4 is 23.5 Å². The fourth-order valence-corrected chi connectivity index (χ4v) is 2.54. The molecule has 23 heavy (non-hydrogen) atoms. The largest absolute Gasteiger partial charge is 0.481 e. The van der Waals surface area contributed by atoms with E-state index < -0.39 is 17.8 Å². The first-order chi connectivity index (χ1) is 11.0. The van der Waals surface area contributed by atoms with E-state index in [2.05, 4.69) is 10.6 Å². The van der Waals surface area contributed by atoms with Crippen LogP contribution in [-0.4, -0.2) is 29.4 Å². The first kappa shape index (κ1) is 15.5. The van der Waals surface area contributed by atoms with Gasteiger partial charge < -0.3 is 15.7 Å². The van der Waals surface area contributed by atoms with Crippen LogP contribution in [0.3, 0.4) is 0 Å². The van der Waals surface area contributed by atoms with Gasteiger partial charge in [-0.2, -0.15) is 0 Å². The third-order valence-corrected chi connectivity index (χ3v) is 4.45. The highest BCUT2D eigenvalue weighted by molar-refractivity contribution is 6.00. The van der Waals surface area contributed by atoms with Crippen LogP contribution in [0.1, 0.15) is 35.2 Å². The summed E-state index contributed by atoms with van der Waals surface area (Å²) in [4.78, 5) is 35.0. The minimum Gasteiger partial charge on any atom is -0.481 e. The summed E-state index contributed by atoms with van der Waals surface area (Å²) in [5, 5.41) is 14.5. The van der Waals surface area contributed by atoms with Gasteiger partial charge >= 0.3 is 5.97 Å². The van der Waals surface area contributed by atoms with E-state index in [0.717, 1.165) is 5.56 Å². The van der Waals surface area contributed by atoms with E-state index in [-0.39, 0.29) is 11.8 Å². The maximum Gasteiger partial charge on any atom is 0.307 e. The van der Waals surface area contributed by atoms with Crippen LogP contribution < -0.4 is 10.6 Å². The van der Waals surface area contributed by atoms with Gasteiger partial charge in [0.1, 0.15) is 0 Å². The van der Waals surface area contributed by atoms with Crippen molar-refractivity contribution in [1.82, 2.24) is 5.32 Å². The summed E-state index contributed by atoms with van der Waals surface area (Å²) in [6, 6.07) is 5.15. The fraction of sp³-hybridized carbons (Fsp3) is 0.471. The molecule has 2 aliphatic rings. The summed E-state index contributed by atoms with van der Waals surface area (Å²) in [5.41, 5.74) is 1.90. The number of amides is 2. The Balaban J connectivity index is 1.64. The molecule has 6 heteroatoms. The molecule has 2 amide bonds. The monoisotopic (exact) mass is 316 g/mol. The maximum atomic E-state index is 12.1. The summed E-state index contributed by atoms with van der Waals surface area (Å²) in [5.74, 6) is -1.83. The number of aryl methyl sites for hydroxylation is 1. The summed E-state index contributed by atoms with van der Waals surface area (Å²) in [6.45, 7) is 2.53. The Hall–Kier alpha value is -2.37. The number of carboxylic acids is 1. The van der Waals surface area contributed by atoms with Gasteiger partial charge in [-0.1, -0.05) is 6.07 Å². The van der Waals surface area contributed by atoms with Crippen LogP contribution in [0, 0.1) is 24.7 Å². The van der Waals surface area contributed by atoms with Crippen molar-refractivity contribution < 1.29 is 19.5 Å². The molecule has 6 nitrogen and oxygen atoms in total. The second-order valence-electron chi connectivity index (χ2n) is 6.46. The van der Waals surface area contributed by atoms with Gasteiger partial charge in [0, 0.05) is 17.8 Å². The average molecular weight is 316 g/mol. The van der Waals surface area contributed by atoms with Crippen molar-refractivity contribution in [1.29, 1.82) is 0 Å². The predicted molar refractivity (Wildman–Crippen MR) is 84.1 cm³/mol. The van der Waals surface area contributed by atoms with Crippen LogP contribution in [0.25, 0.3) is 0 Å². The number of hydrogen-bond acceptors (Lipinski definition) is 3. The Bertz CT molecular complexity index is 667. The van der Waals surface area contributed by atoms with Crippen LogP contribution in [0.2, 0.25) is 0 Å². The van der Waals surface area contributed by atoms with Crippen LogP contribution in [0.15, 0.2) is 18.2 Å². The lowest BCUT2D eigenvalue weighted by Crippen LogP contribution is -2.25. The van der Waals surface area contributed by atoms with E-state index in [1.807, 2.05) is 6.92 Å². The van der Waals surface area contributed by atoms with Gasteiger partial charge in [-0.3, -0.25) is 14.4 Å². The molecule has 3 N–H and O–H groups in total. The number of benzene rings is 1. The Morgan fingerprint density at radius 3 is 2.57 bits per heavy atom. The zero-order valence-electron chi connectivity index (χ0n) is 13.0. The number of carbonyl (C=O) groups excluding carboxylic acids is 2. The second kappa shape index (κ2) is 6.02. The molecule has 0 unspecified atom stereocenters. The Kier molecular flexibility index (Phi) is 4.07. The number of carbonyl (C=O) groups is 3. The van der Waals surface area contributed by atoms with Crippen molar-refractivity contribution in [2.75, 3.05) is 11.9 Å². The first-order valence-corrected chi connectivity index (χ1v) is 7.88. The molecular formula is C17H20N2O4. The van der Waals surface area contributed by atoms with Crippen LogP contribution in [-0.2, 0) is 9.59 Å². The van der Waals surface area contributed by atoms with Gasteiger partial charge in [-0.15, -0.1) is 0 Å². The molecule has 0 bridgehead atoms. The lowest BCUT2D eigenvalue weighted by Gasteiger charge is -2.11. The molecule has 122 valence electrons. The smallest absolute Gasteiger partial charge is 0.307 e. The van der Waals surface area contributed by atoms with Crippen molar-refractivity contribution in [3.8, 4) is 0 Å². The molecule has 2 saturated carbocycles. The fourth-order valence-electron chi connectivity index (χ4n) is 2.54. The summed E-state index contributed by atoms with van der Waals surface area (Å²) < 4.78 is 0. The van der Waals surface area contributed by atoms with Crippen molar-refractivity contribution in [3.05, 3.63) is 29.3 Å². The van der Waals surface area contributed by atoms with Crippen LogP contribution >= 0.6 is 0 Å². The van der Waals surface area contributed by atoms with Gasteiger partial charge in [0.05, 0.1) is 11.8 Å². The lowest BCUT2D eigenvalue weighted by atomic mass is 10.1. The highest BCUT2D eigenvalue weighted by Gasteiger charge is 2.48. The van der Waals surface area contributed by atoms with Crippen LogP contribution in [0.4, 0.5) is 5.69 Å². The van der Waals surface area contributed by atoms with Gasteiger partial charge in [0.15, 0.2) is 0 Å². The van der Waals surface area contributed by atoms with E-state index >= 15 is 0 Å². The molecule has 0 radical (unpaired) electrons. The molecule has 0 aliphatic heterocycles. The Morgan fingerprint density at radius 1 is 1.22 bits per heavy atom. The third-order valence-electron chi connectivity index (χ3n) is 4.45. The Morgan fingerprint density at radius 2 is 1.96 bits per heavy atom. The van der Waals surface area contributed by atoms with E-state index in [9.17, 15) is 14.4 Å². The zero-order chi connectivity index (χ0) is 16.6. The van der Waals surface area contributed by atoms with E-state index in [4.69, 9.17) is 5.11 Å². The summed E-state index contributed by atoms with van der Waals surface area (Å²) in [7, 11) is 0. The number of anilines is 1. The molecule has 3 rings (SSSR count). The molecule has 0 saturated heterocycles. The average Bonchev–Trinajstić information content (AvgIpc) is 3.38. The quantitative estimate of drug-likeness (QED) is 0.745. The number of rotatable bonds is 6. The van der Waals surface area contributed by atoms with E-state index in [1.165, 1.54) is 12.8 Å². The molecule has 2 atom stereocenters. The van der Waals surface area contributed by atoms with Gasteiger partial charge in [-0.05, 0) is 49.8 Å². The van der Waals surface area contributed by atoms with E-state index in [0.29, 0.717) is 30.1 Å². The third kappa shape index (κ3) is 3.70. The topological polar surface area (TPSA) is 95.5 Å². The molecular weight excluding hydrogens is 296 g/mol. The molecule has 1 aromatic carbocycles. The second-order valence-corrected chi connectivity index (χ2v) is 6.46. The first-order valence-electron chi connectivity index (χ1n) is 7.88. The van der Waals surface area contributed by atoms with Crippen molar-refractivity contribution in [3.63, 3.8) is 0 Å². The highest BCUT2D eigenvalue weighted by atomic mass is 16.4. The molecule has 0 aromatic heterocycles. The van der Waals surface area contributed by atoms with Crippen LogP contribution in [0.5, 0.6) is 0 Å². The molecule has 0 spiro atoms. The molecule has 2 aliphatic carbocycles. The van der Waals surface area contributed by atoms with Crippen molar-refractivity contribution in [2.24, 2.45) is 17.8 Å². The Labute approximate surface area is 134 Å². The highest BCUT2D eigenvalue weighted by Crippen LogP contribution is 2.39. The lowest BCUT2D eigenvalue weighted by molar-refractivity contribution is -0.139. The van der Waals surface area contributed by atoms with Gasteiger partial charge in [-0.25, -0.2) is 0 Å². The SMILES string of the molecule is Cc1ccc(C(=O)NCC2CC2)cc1NC(=O)[C@@H]1C[C@@H]1C(=O)O. The van der Waals surface area contributed by atoms with E-state index in [1.54, 1.807) is 18.2 Å². The number of carboxylic acid groups (broad SMARTS) is 1. The molecule has 1 aromatic rings. The maximum absolute atomic E-state index is 12.1. The van der Waals surface area contributed by atoms with Gasteiger partial charge in [0.25, 0.3) is 5.91 Å². The summed E-state index contributed by atoms with van der Waals surface area (Å²) in [6.07, 6.45) is 2.71. The van der Waals surface area contributed by atoms with Gasteiger partial charge in [0.2, 0.25) is 5.91 Å². The standard InChI is InChI=1S/C17H20N2O4/c1-9-2-5-11(15(20)18-8-10-3-4-10)6-14(9)19-16(21)12-7-13(12)17(22)23/h2,5-6,10,12-13H,3-4,7-8H2,1H3,(H,18,20)(H,19,21)(H,22,23)/t12-,13+/m1/s1. The minimum absolute atomic E-state index is 0.151. The molecule has 2 fully saturated rings. The predicted octanol–water partition coefficient (Wildman–Crippen LogP) is 1.79. The molecule has 0 heterocycles. The van der Waals surface area contributed by atoms with Crippen molar-refractivity contribution in [2.45, 2.75) is 26.2 Å². The number of nitrogens with one attached hydrogen (secondary N) is 2. The normalized spacial score (nSPS) is 22.3. The minimum atomic E-state index is -0.935. The summed E-state index contributed by atoms with van der Waals surface area (Å²) >= 11 is 0. The number of aliphatic carboxylic acids is 1.